The summed E-state index contributed by atoms with van der Waals surface area (Å²) in [5.41, 5.74) is 4.44. The Morgan fingerprint density at radius 2 is 1.40 bits per heavy atom. The Labute approximate surface area is 277 Å². The van der Waals surface area contributed by atoms with Crippen molar-refractivity contribution in [3.05, 3.63) is 138 Å². The number of likely N-dealkylation sites (N-methyl/N-ethyl adjacent to an activating group) is 1. The molecule has 0 radical (unpaired) electrons. The van der Waals surface area contributed by atoms with Crippen LogP contribution in [0.2, 0.25) is 0 Å². The van der Waals surface area contributed by atoms with E-state index in [0.29, 0.717) is 11.1 Å². The molecular formula is C37H32N2O8S. The number of phenols is 1. The number of carboxylic acid groups (broad SMARTS) is 2. The van der Waals surface area contributed by atoms with Gasteiger partial charge in [0.2, 0.25) is 15.9 Å². The lowest BCUT2D eigenvalue weighted by atomic mass is 9.92. The maximum atomic E-state index is 13.9. The van der Waals surface area contributed by atoms with Crippen molar-refractivity contribution in [2.24, 2.45) is 0 Å². The van der Waals surface area contributed by atoms with Gasteiger partial charge < -0.3 is 20.2 Å². The van der Waals surface area contributed by atoms with Crippen LogP contribution in [-0.4, -0.2) is 59.5 Å². The number of hydrogen-bond donors (Lipinski definition) is 3. The quantitative estimate of drug-likeness (QED) is 0.149. The Morgan fingerprint density at radius 1 is 0.708 bits per heavy atom. The molecule has 11 heteroatoms. The minimum absolute atomic E-state index is 0.0217. The Kier molecular flexibility index (Phi) is 9.74. The van der Waals surface area contributed by atoms with Crippen molar-refractivity contribution in [3.8, 4) is 28.0 Å². The molecule has 0 atom stereocenters. The van der Waals surface area contributed by atoms with Gasteiger partial charge in [0.1, 0.15) is 11.3 Å². The monoisotopic (exact) mass is 664 g/mol. The summed E-state index contributed by atoms with van der Waals surface area (Å²) in [4.78, 5) is 38.5. The van der Waals surface area contributed by atoms with Crippen molar-refractivity contribution >= 4 is 33.6 Å². The van der Waals surface area contributed by atoms with Crippen LogP contribution >= 0.6 is 0 Å². The predicted molar refractivity (Wildman–Crippen MR) is 182 cm³/mol. The van der Waals surface area contributed by atoms with Crippen molar-refractivity contribution in [1.82, 2.24) is 4.31 Å². The van der Waals surface area contributed by atoms with Crippen LogP contribution in [0.1, 0.15) is 31.8 Å². The summed E-state index contributed by atoms with van der Waals surface area (Å²) in [6.07, 6.45) is 0. The second-order valence-corrected chi connectivity index (χ2v) is 13.2. The fourth-order valence-electron chi connectivity index (χ4n) is 5.24. The Hall–Kier alpha value is -5.78. The summed E-state index contributed by atoms with van der Waals surface area (Å²) in [5.74, 6) is -3.60. The van der Waals surface area contributed by atoms with Crippen molar-refractivity contribution in [2.45, 2.75) is 18.4 Å². The van der Waals surface area contributed by atoms with Crippen LogP contribution in [0.25, 0.3) is 22.3 Å². The number of aromatic hydroxyl groups is 1. The number of carbonyl (C=O) groups is 3. The van der Waals surface area contributed by atoms with E-state index < -0.39 is 40.2 Å². The summed E-state index contributed by atoms with van der Waals surface area (Å²) >= 11 is 0. The van der Waals surface area contributed by atoms with Crippen LogP contribution in [0.4, 0.5) is 5.69 Å². The van der Waals surface area contributed by atoms with Crippen molar-refractivity contribution < 1.29 is 38.1 Å². The van der Waals surface area contributed by atoms with E-state index in [1.54, 1.807) is 36.4 Å². The second kappa shape index (κ2) is 13.9. The molecule has 0 aromatic heterocycles. The molecule has 5 aromatic carbocycles. The third kappa shape index (κ3) is 7.27. The lowest BCUT2D eigenvalue weighted by Gasteiger charge is -2.26. The lowest BCUT2D eigenvalue weighted by Crippen LogP contribution is -2.41. The van der Waals surface area contributed by atoms with Gasteiger partial charge in [-0.3, -0.25) is 4.79 Å². The van der Waals surface area contributed by atoms with Gasteiger partial charge in [0.25, 0.3) is 0 Å². The molecule has 244 valence electrons. The van der Waals surface area contributed by atoms with E-state index in [0.717, 1.165) is 32.6 Å². The van der Waals surface area contributed by atoms with E-state index in [2.05, 4.69) is 0 Å². The van der Waals surface area contributed by atoms with E-state index in [4.69, 9.17) is 0 Å². The first-order valence-electron chi connectivity index (χ1n) is 14.8. The third-order valence-corrected chi connectivity index (χ3v) is 9.66. The van der Waals surface area contributed by atoms with Crippen molar-refractivity contribution in [2.75, 3.05) is 18.5 Å². The number of amides is 1. The zero-order chi connectivity index (χ0) is 34.6. The molecule has 3 N–H and O–H groups in total. The highest BCUT2D eigenvalue weighted by Crippen LogP contribution is 2.35. The number of benzene rings is 5. The number of carboxylic acids is 2. The molecular weight excluding hydrogens is 632 g/mol. The largest absolute Gasteiger partial charge is 0.507 e. The lowest BCUT2D eigenvalue weighted by molar-refractivity contribution is -0.118. The molecule has 5 aromatic rings. The van der Waals surface area contributed by atoms with E-state index in [-0.39, 0.29) is 28.3 Å². The van der Waals surface area contributed by atoms with Crippen LogP contribution in [-0.2, 0) is 21.4 Å². The zero-order valence-electron chi connectivity index (χ0n) is 26.1. The summed E-state index contributed by atoms with van der Waals surface area (Å²) in [7, 11) is -2.74. The Morgan fingerprint density at radius 3 is 2.04 bits per heavy atom. The molecule has 0 fully saturated rings. The van der Waals surface area contributed by atoms with Gasteiger partial charge in [0.05, 0.1) is 23.5 Å². The second-order valence-electron chi connectivity index (χ2n) is 11.2. The summed E-state index contributed by atoms with van der Waals surface area (Å²) < 4.78 is 27.6. The maximum absolute atomic E-state index is 13.9. The smallest absolute Gasteiger partial charge is 0.339 e. The number of anilines is 1. The molecule has 0 saturated heterocycles. The molecule has 0 aliphatic carbocycles. The first-order valence-corrected chi connectivity index (χ1v) is 16.2. The molecule has 0 bridgehead atoms. The average molecular weight is 665 g/mol. The van der Waals surface area contributed by atoms with Gasteiger partial charge in [-0.2, -0.15) is 4.31 Å². The van der Waals surface area contributed by atoms with Crippen LogP contribution in [0, 0.1) is 6.92 Å². The predicted octanol–water partition coefficient (Wildman–Crippen LogP) is 6.28. The number of sulfonamides is 1. The van der Waals surface area contributed by atoms with E-state index in [9.17, 15) is 38.1 Å². The topological polar surface area (TPSA) is 153 Å². The summed E-state index contributed by atoms with van der Waals surface area (Å²) in [6, 6.07) is 31.4. The molecule has 0 unspecified atom stereocenters. The molecule has 0 spiro atoms. The highest BCUT2D eigenvalue weighted by atomic mass is 32.2. The number of hydrogen-bond acceptors (Lipinski definition) is 6. The van der Waals surface area contributed by atoms with Crippen molar-refractivity contribution in [3.63, 3.8) is 0 Å². The number of nitrogens with zero attached hydrogens (tertiary/aromatic N) is 2. The van der Waals surface area contributed by atoms with Crippen LogP contribution in [0.3, 0.4) is 0 Å². The summed E-state index contributed by atoms with van der Waals surface area (Å²) in [6.45, 7) is 1.21. The van der Waals surface area contributed by atoms with Crippen LogP contribution in [0.15, 0.2) is 120 Å². The van der Waals surface area contributed by atoms with E-state index in [1.165, 1.54) is 42.3 Å². The first kappa shape index (κ1) is 33.6. The zero-order valence-corrected chi connectivity index (χ0v) is 26.9. The van der Waals surface area contributed by atoms with Crippen LogP contribution < -0.4 is 4.90 Å². The summed E-state index contributed by atoms with van der Waals surface area (Å²) in [5, 5.41) is 29.5. The maximum Gasteiger partial charge on any atom is 0.339 e. The van der Waals surface area contributed by atoms with Crippen molar-refractivity contribution in [1.29, 1.82) is 0 Å². The molecule has 0 aliphatic rings. The standard InChI is InChI=1S/C37H32N2O8S/c1-24-11-15-30(16-12-24)48(46,47)38(2)23-35(41)39(29-14-18-32(37(44)45)34(40)21-29)22-25-13-17-31(27-9-6-10-28(20-27)36(42)43)33(19-25)26-7-4-3-5-8-26/h3-21,40H,22-23H2,1-2H3,(H,42,43)(H,44,45). The SMILES string of the molecule is Cc1ccc(S(=O)(=O)N(C)CC(=O)N(Cc2ccc(-c3cccc(C(=O)O)c3)c(-c3ccccc3)c2)c2ccc(C(=O)O)c(O)c2)cc1. The number of aromatic carboxylic acids is 2. The molecule has 10 nitrogen and oxygen atoms in total. The highest BCUT2D eigenvalue weighted by Gasteiger charge is 2.27. The highest BCUT2D eigenvalue weighted by molar-refractivity contribution is 7.89. The fourth-order valence-corrected chi connectivity index (χ4v) is 6.36. The van der Waals surface area contributed by atoms with E-state index >= 15 is 0 Å². The minimum Gasteiger partial charge on any atom is -0.507 e. The minimum atomic E-state index is -4.04. The third-order valence-electron chi connectivity index (χ3n) is 7.84. The normalized spacial score (nSPS) is 11.3. The molecule has 0 saturated carbocycles. The molecule has 1 amide bonds. The molecule has 5 rings (SSSR count). The average Bonchev–Trinajstić information content (AvgIpc) is 3.07. The number of rotatable bonds is 11. The number of aryl methyl sites for hydroxylation is 1. The Bertz CT molecular complexity index is 2110. The first-order chi connectivity index (χ1) is 22.8. The van der Waals surface area contributed by atoms with E-state index in [1.807, 2.05) is 49.4 Å². The van der Waals surface area contributed by atoms with Crippen LogP contribution in [0.5, 0.6) is 5.75 Å². The number of carbonyl (C=O) groups excluding carboxylic acids is 1. The Balaban J connectivity index is 1.56. The van der Waals surface area contributed by atoms with Gasteiger partial charge in [0.15, 0.2) is 0 Å². The van der Waals surface area contributed by atoms with Gasteiger partial charge >= 0.3 is 11.9 Å². The molecule has 0 aliphatic heterocycles. The molecule has 0 heterocycles. The fraction of sp³-hybridized carbons (Fsp3) is 0.108. The van der Waals surface area contributed by atoms with Gasteiger partial charge in [0, 0.05) is 18.8 Å². The van der Waals surface area contributed by atoms with Gasteiger partial charge in [-0.25, -0.2) is 18.0 Å². The van der Waals surface area contributed by atoms with Gasteiger partial charge in [-0.1, -0.05) is 72.3 Å². The van der Waals surface area contributed by atoms with Gasteiger partial charge in [-0.05, 0) is 77.2 Å². The molecule has 48 heavy (non-hydrogen) atoms. The van der Waals surface area contributed by atoms with Gasteiger partial charge in [-0.15, -0.1) is 0 Å².